The van der Waals surface area contributed by atoms with E-state index in [4.69, 9.17) is 11.1 Å². The molecule has 0 aromatic carbocycles. The van der Waals surface area contributed by atoms with Gasteiger partial charge in [-0.1, -0.05) is 13.8 Å². The molecule has 15 heavy (non-hydrogen) atoms. The third kappa shape index (κ3) is 1.14. The van der Waals surface area contributed by atoms with Gasteiger partial charge in [-0.05, 0) is 24.8 Å². The summed E-state index contributed by atoms with van der Waals surface area (Å²) in [5.41, 5.74) is 7.60. The van der Waals surface area contributed by atoms with Crippen LogP contribution in [-0.2, 0) is 12.5 Å². The van der Waals surface area contributed by atoms with Crippen LogP contribution in [0.25, 0.3) is 0 Å². The Morgan fingerprint density at radius 1 is 1.60 bits per heavy atom. The Labute approximate surface area is 90.0 Å². The first-order valence-electron chi connectivity index (χ1n) is 5.17. The van der Waals surface area contributed by atoms with Crippen molar-refractivity contribution in [3.8, 4) is 0 Å². The van der Waals surface area contributed by atoms with Crippen LogP contribution < -0.4 is 5.73 Å². The van der Waals surface area contributed by atoms with Gasteiger partial charge in [-0.15, -0.1) is 0 Å². The average molecular weight is 206 g/mol. The van der Waals surface area contributed by atoms with Gasteiger partial charge in [0.1, 0.15) is 5.84 Å². The van der Waals surface area contributed by atoms with Crippen LogP contribution in [-0.4, -0.2) is 15.6 Å². The fraction of sp³-hybridized carbons (Fsp3) is 0.636. The minimum Gasteiger partial charge on any atom is -0.387 e. The van der Waals surface area contributed by atoms with Crippen LogP contribution in [0, 0.1) is 17.7 Å². The molecule has 1 aromatic rings. The number of hydrogen-bond acceptors (Lipinski definition) is 2. The highest BCUT2D eigenvalue weighted by molar-refractivity contribution is 5.93. The molecule has 0 radical (unpaired) electrons. The highest BCUT2D eigenvalue weighted by Crippen LogP contribution is 2.64. The quantitative estimate of drug-likeness (QED) is 0.566. The van der Waals surface area contributed by atoms with Crippen LogP contribution in [0.3, 0.4) is 0 Å². The fourth-order valence-corrected chi connectivity index (χ4v) is 2.66. The van der Waals surface area contributed by atoms with Crippen molar-refractivity contribution in [1.82, 2.24) is 9.78 Å². The number of nitrogens with zero attached hydrogens (tertiary/aromatic N) is 2. The maximum absolute atomic E-state index is 7.80. The highest BCUT2D eigenvalue weighted by Gasteiger charge is 2.66. The minimum atomic E-state index is -0.289. The summed E-state index contributed by atoms with van der Waals surface area (Å²) >= 11 is 0. The zero-order valence-corrected chi connectivity index (χ0v) is 9.76. The van der Waals surface area contributed by atoms with Gasteiger partial charge in [0, 0.05) is 7.05 Å². The van der Waals surface area contributed by atoms with Crippen LogP contribution in [0.5, 0.6) is 0 Å². The van der Waals surface area contributed by atoms with E-state index in [1.807, 2.05) is 24.7 Å². The maximum Gasteiger partial charge on any atom is 0.104 e. The topological polar surface area (TPSA) is 67.7 Å². The van der Waals surface area contributed by atoms with Gasteiger partial charge in [-0.25, -0.2) is 0 Å². The lowest BCUT2D eigenvalue weighted by molar-refractivity contribution is 0.545. The molecule has 1 atom stereocenters. The van der Waals surface area contributed by atoms with Crippen LogP contribution in [0.4, 0.5) is 0 Å². The van der Waals surface area contributed by atoms with Gasteiger partial charge >= 0.3 is 0 Å². The third-order valence-corrected chi connectivity index (χ3v) is 3.64. The molecule has 82 valence electrons. The van der Waals surface area contributed by atoms with Gasteiger partial charge in [0.05, 0.1) is 16.8 Å². The molecule has 1 unspecified atom stereocenters. The molecule has 1 aromatic heterocycles. The van der Waals surface area contributed by atoms with Crippen LogP contribution in [0.2, 0.25) is 0 Å². The molecule has 0 aliphatic heterocycles. The summed E-state index contributed by atoms with van der Waals surface area (Å²) in [6.45, 7) is 6.26. The molecule has 3 N–H and O–H groups in total. The highest BCUT2D eigenvalue weighted by atomic mass is 15.3. The van der Waals surface area contributed by atoms with Crippen molar-refractivity contribution >= 4 is 5.84 Å². The Morgan fingerprint density at radius 2 is 2.13 bits per heavy atom. The molecule has 2 rings (SSSR count). The number of nitrogens with two attached hydrogens (primary N) is 1. The molecule has 0 spiro atoms. The van der Waals surface area contributed by atoms with Crippen molar-refractivity contribution < 1.29 is 0 Å². The van der Waals surface area contributed by atoms with Crippen molar-refractivity contribution in [2.45, 2.75) is 32.6 Å². The first-order valence-corrected chi connectivity index (χ1v) is 5.17. The molecule has 1 aliphatic carbocycles. The van der Waals surface area contributed by atoms with E-state index in [-0.39, 0.29) is 16.7 Å². The molecule has 1 aliphatic rings. The van der Waals surface area contributed by atoms with Crippen molar-refractivity contribution in [3.05, 3.63) is 17.5 Å². The van der Waals surface area contributed by atoms with E-state index < -0.39 is 0 Å². The zero-order chi connectivity index (χ0) is 11.4. The summed E-state index contributed by atoms with van der Waals surface area (Å²) in [7, 11) is 1.92. The SMILES string of the molecule is Cc1cc(C2(C(=N)N)CC2(C)C)n(C)n1. The molecule has 0 saturated heterocycles. The molecule has 1 saturated carbocycles. The first kappa shape index (κ1) is 10.2. The summed E-state index contributed by atoms with van der Waals surface area (Å²) in [6, 6.07) is 2.04. The Hall–Kier alpha value is -1.32. The molecular weight excluding hydrogens is 188 g/mol. The lowest BCUT2D eigenvalue weighted by Crippen LogP contribution is -2.33. The summed E-state index contributed by atoms with van der Waals surface area (Å²) in [6.07, 6.45) is 0.939. The van der Waals surface area contributed by atoms with E-state index in [1.165, 1.54) is 0 Å². The predicted octanol–water partition coefficient (Wildman–Crippen LogP) is 1.33. The first-order chi connectivity index (χ1) is 6.81. The van der Waals surface area contributed by atoms with E-state index >= 15 is 0 Å². The normalized spacial score (nSPS) is 27.7. The minimum absolute atomic E-state index is 0.0824. The van der Waals surface area contributed by atoms with E-state index in [2.05, 4.69) is 18.9 Å². The molecule has 0 bridgehead atoms. The molecule has 4 nitrogen and oxygen atoms in total. The van der Waals surface area contributed by atoms with Gasteiger partial charge in [0.2, 0.25) is 0 Å². The Morgan fingerprint density at radius 3 is 2.40 bits per heavy atom. The second-order valence-electron chi connectivity index (χ2n) is 5.17. The average Bonchev–Trinajstić information content (AvgIpc) is 2.50. The molecule has 0 amide bonds. The molecule has 1 fully saturated rings. The second-order valence-corrected chi connectivity index (χ2v) is 5.17. The van der Waals surface area contributed by atoms with E-state index in [9.17, 15) is 0 Å². The Kier molecular flexibility index (Phi) is 1.78. The number of nitrogens with one attached hydrogen (secondary N) is 1. The van der Waals surface area contributed by atoms with Gasteiger partial charge in [-0.2, -0.15) is 5.10 Å². The van der Waals surface area contributed by atoms with Crippen molar-refractivity contribution in [2.75, 3.05) is 0 Å². The number of amidine groups is 1. The summed E-state index contributed by atoms with van der Waals surface area (Å²) < 4.78 is 1.85. The van der Waals surface area contributed by atoms with Gasteiger partial charge < -0.3 is 5.73 Å². The zero-order valence-electron chi connectivity index (χ0n) is 9.76. The number of rotatable bonds is 2. The Bertz CT molecular complexity index is 430. The summed E-state index contributed by atoms with van der Waals surface area (Å²) in [5, 5.41) is 12.1. The smallest absolute Gasteiger partial charge is 0.104 e. The van der Waals surface area contributed by atoms with Gasteiger partial charge in [0.15, 0.2) is 0 Å². The summed E-state index contributed by atoms with van der Waals surface area (Å²) in [5.74, 6) is 0.260. The van der Waals surface area contributed by atoms with Crippen LogP contribution >= 0.6 is 0 Å². The monoisotopic (exact) mass is 206 g/mol. The summed E-state index contributed by atoms with van der Waals surface area (Å²) in [4.78, 5) is 0. The van der Waals surface area contributed by atoms with Crippen molar-refractivity contribution in [1.29, 1.82) is 5.41 Å². The number of hydrogen-bond donors (Lipinski definition) is 2. The number of aryl methyl sites for hydroxylation is 2. The lowest BCUT2D eigenvalue weighted by atomic mass is 9.91. The number of aromatic nitrogens is 2. The van der Waals surface area contributed by atoms with E-state index in [0.717, 1.165) is 17.8 Å². The van der Waals surface area contributed by atoms with Gasteiger partial charge in [0.25, 0.3) is 0 Å². The molecule has 4 heteroatoms. The third-order valence-electron chi connectivity index (χ3n) is 3.64. The van der Waals surface area contributed by atoms with Crippen molar-refractivity contribution in [2.24, 2.45) is 18.2 Å². The van der Waals surface area contributed by atoms with Crippen molar-refractivity contribution in [3.63, 3.8) is 0 Å². The van der Waals surface area contributed by atoms with Gasteiger partial charge in [-0.3, -0.25) is 10.1 Å². The fourth-order valence-electron chi connectivity index (χ4n) is 2.66. The van der Waals surface area contributed by atoms with Crippen LogP contribution in [0.15, 0.2) is 6.07 Å². The Balaban J connectivity index is 2.54. The lowest BCUT2D eigenvalue weighted by Gasteiger charge is -2.19. The van der Waals surface area contributed by atoms with Crippen LogP contribution in [0.1, 0.15) is 31.7 Å². The largest absolute Gasteiger partial charge is 0.387 e. The standard InChI is InChI=1S/C11H18N4/c1-7-5-8(15(4)14-7)11(9(12)13)6-10(11,2)3/h5H,6H2,1-4H3,(H3,12,13). The van der Waals surface area contributed by atoms with E-state index in [1.54, 1.807) is 0 Å². The molecule has 1 heterocycles. The molecular formula is C11H18N4. The second kappa shape index (κ2) is 2.62. The maximum atomic E-state index is 7.80. The van der Waals surface area contributed by atoms with E-state index in [0.29, 0.717) is 0 Å². The predicted molar refractivity (Wildman–Crippen MR) is 59.9 cm³/mol.